The van der Waals surface area contributed by atoms with Crippen molar-refractivity contribution in [3.63, 3.8) is 0 Å². The van der Waals surface area contributed by atoms with Gasteiger partial charge in [-0.2, -0.15) is 0 Å². The van der Waals surface area contributed by atoms with Crippen LogP contribution in [0.1, 0.15) is 128 Å². The summed E-state index contributed by atoms with van der Waals surface area (Å²) in [5.74, 6) is 0. The van der Waals surface area contributed by atoms with Crippen molar-refractivity contribution >= 4 is 21.8 Å². The highest BCUT2D eigenvalue weighted by atomic mass is 14.7. The van der Waals surface area contributed by atoms with Gasteiger partial charge in [0.2, 0.25) is 0 Å². The minimum Gasteiger partial charge on any atom is -0.253 e. The molecule has 2 aromatic heterocycles. The molecule has 40 heavy (non-hydrogen) atoms. The Morgan fingerprint density at radius 2 is 0.675 bits per heavy atom. The van der Waals surface area contributed by atoms with E-state index in [0.717, 1.165) is 11.4 Å². The Bertz CT molecular complexity index is 1420. The van der Waals surface area contributed by atoms with Crippen LogP contribution in [0, 0.1) is 27.7 Å². The van der Waals surface area contributed by atoms with E-state index in [9.17, 15) is 0 Å². The number of fused-ring (bicyclic) bond motifs is 2. The molecule has 0 aliphatic heterocycles. The molecule has 0 radical (unpaired) electrons. The highest BCUT2D eigenvalue weighted by molar-refractivity contribution is 5.88. The molecule has 0 saturated heterocycles. The van der Waals surface area contributed by atoms with Gasteiger partial charge in [-0.25, -0.2) is 0 Å². The normalized spacial score (nSPS) is 13.0. The SMILES string of the molecule is Cc1ccc2c(C)c(C(C)(C)C)cc(C(C)(C)C)c2n1.Cc1ccc2c(C)c(C(C)(C)C)cc(C(C)(C)C)c2n1. The summed E-state index contributed by atoms with van der Waals surface area (Å²) in [5.41, 5.74) is 13.3. The lowest BCUT2D eigenvalue weighted by Gasteiger charge is -2.28. The summed E-state index contributed by atoms with van der Waals surface area (Å²) in [6.07, 6.45) is 0. The van der Waals surface area contributed by atoms with E-state index in [1.165, 1.54) is 55.2 Å². The van der Waals surface area contributed by atoms with Crippen LogP contribution in [0.15, 0.2) is 36.4 Å². The average Bonchev–Trinajstić information content (AvgIpc) is 2.76. The smallest absolute Gasteiger partial charge is 0.0745 e. The van der Waals surface area contributed by atoms with Gasteiger partial charge in [0, 0.05) is 22.2 Å². The van der Waals surface area contributed by atoms with Gasteiger partial charge in [-0.1, -0.05) is 107 Å². The van der Waals surface area contributed by atoms with Crippen molar-refractivity contribution in [2.75, 3.05) is 0 Å². The van der Waals surface area contributed by atoms with E-state index in [1.807, 2.05) is 0 Å². The maximum atomic E-state index is 4.83. The van der Waals surface area contributed by atoms with Crippen LogP contribution in [0.3, 0.4) is 0 Å². The number of aryl methyl sites for hydroxylation is 4. The molecule has 0 N–H and O–H groups in total. The molecule has 4 rings (SSSR count). The highest BCUT2D eigenvalue weighted by Gasteiger charge is 2.26. The fourth-order valence-corrected chi connectivity index (χ4v) is 5.76. The van der Waals surface area contributed by atoms with Crippen molar-refractivity contribution in [2.24, 2.45) is 0 Å². The summed E-state index contributed by atoms with van der Waals surface area (Å²) in [6.45, 7) is 35.9. The summed E-state index contributed by atoms with van der Waals surface area (Å²) in [5, 5.41) is 2.60. The van der Waals surface area contributed by atoms with Gasteiger partial charge in [0.15, 0.2) is 0 Å². The van der Waals surface area contributed by atoms with E-state index in [2.05, 4.69) is 147 Å². The standard InChI is InChI=1S/2C19H27N/c2*1-12-9-10-14-13(2)15(18(3,4)5)11-16(17(14)20-12)19(6,7)8/h2*9-11H,1-8H3. The number of aromatic nitrogens is 2. The predicted octanol–water partition coefficient (Wildman–Crippen LogP) is 10.9. The molecule has 0 saturated carbocycles. The van der Waals surface area contributed by atoms with E-state index in [-0.39, 0.29) is 21.7 Å². The van der Waals surface area contributed by atoms with Crippen molar-refractivity contribution in [1.82, 2.24) is 9.97 Å². The number of rotatable bonds is 0. The van der Waals surface area contributed by atoms with Crippen molar-refractivity contribution in [3.05, 3.63) is 81.2 Å². The molecule has 0 aliphatic rings. The van der Waals surface area contributed by atoms with E-state index in [0.29, 0.717) is 0 Å². The summed E-state index contributed by atoms with van der Waals surface area (Å²) < 4.78 is 0. The topological polar surface area (TPSA) is 25.8 Å². The lowest BCUT2D eigenvalue weighted by molar-refractivity contribution is 0.569. The molecular formula is C38H54N2. The fourth-order valence-electron chi connectivity index (χ4n) is 5.76. The van der Waals surface area contributed by atoms with Gasteiger partial charge in [-0.15, -0.1) is 0 Å². The first-order valence-electron chi connectivity index (χ1n) is 14.9. The molecule has 216 valence electrons. The molecule has 2 heteroatoms. The first-order chi connectivity index (χ1) is 18.0. The number of hydrogen-bond acceptors (Lipinski definition) is 2. The monoisotopic (exact) mass is 538 g/mol. The Hall–Kier alpha value is -2.74. The second-order valence-electron chi connectivity index (χ2n) is 15.9. The molecule has 2 aromatic carbocycles. The summed E-state index contributed by atoms with van der Waals surface area (Å²) in [7, 11) is 0. The van der Waals surface area contributed by atoms with Crippen molar-refractivity contribution < 1.29 is 0 Å². The van der Waals surface area contributed by atoms with Gasteiger partial charge in [-0.05, 0) is 94.9 Å². The predicted molar refractivity (Wildman–Crippen MR) is 177 cm³/mol. The van der Waals surface area contributed by atoms with Crippen LogP contribution < -0.4 is 0 Å². The maximum absolute atomic E-state index is 4.83. The van der Waals surface area contributed by atoms with Crippen LogP contribution in [-0.4, -0.2) is 9.97 Å². The number of benzene rings is 2. The molecule has 4 aromatic rings. The molecule has 2 nitrogen and oxygen atoms in total. The second-order valence-corrected chi connectivity index (χ2v) is 15.9. The molecule has 0 amide bonds. The summed E-state index contributed by atoms with van der Waals surface area (Å²) >= 11 is 0. The van der Waals surface area contributed by atoms with Crippen molar-refractivity contribution in [3.8, 4) is 0 Å². The summed E-state index contributed by atoms with van der Waals surface area (Å²) in [6, 6.07) is 13.5. The first kappa shape index (κ1) is 31.8. The second kappa shape index (κ2) is 10.6. The van der Waals surface area contributed by atoms with E-state index in [4.69, 9.17) is 9.97 Å². The Labute approximate surface area is 245 Å². The molecule has 2 heterocycles. The number of pyridine rings is 2. The zero-order chi connectivity index (χ0) is 30.6. The number of nitrogens with zero attached hydrogens (tertiary/aromatic N) is 2. The van der Waals surface area contributed by atoms with Gasteiger partial charge < -0.3 is 0 Å². The largest absolute Gasteiger partial charge is 0.253 e. The van der Waals surface area contributed by atoms with Crippen LogP contribution >= 0.6 is 0 Å². The minimum atomic E-state index is 0.104. The van der Waals surface area contributed by atoms with Crippen LogP contribution in [0.5, 0.6) is 0 Å². The lowest BCUT2D eigenvalue weighted by Crippen LogP contribution is -2.19. The van der Waals surface area contributed by atoms with Crippen LogP contribution in [-0.2, 0) is 21.7 Å². The van der Waals surface area contributed by atoms with Crippen LogP contribution in [0.25, 0.3) is 21.8 Å². The third-order valence-electron chi connectivity index (χ3n) is 8.00. The van der Waals surface area contributed by atoms with E-state index >= 15 is 0 Å². The third-order valence-corrected chi connectivity index (χ3v) is 8.00. The Morgan fingerprint density at radius 3 is 0.925 bits per heavy atom. The van der Waals surface area contributed by atoms with E-state index < -0.39 is 0 Å². The van der Waals surface area contributed by atoms with Gasteiger partial charge in [0.25, 0.3) is 0 Å². The molecule has 0 fully saturated rings. The Balaban J connectivity index is 0.000000220. The molecule has 0 bridgehead atoms. The Kier molecular flexibility index (Phi) is 8.41. The molecule has 0 unspecified atom stereocenters. The minimum absolute atomic E-state index is 0.104. The van der Waals surface area contributed by atoms with Gasteiger partial charge in [0.05, 0.1) is 11.0 Å². The van der Waals surface area contributed by atoms with E-state index in [1.54, 1.807) is 0 Å². The molecular weight excluding hydrogens is 484 g/mol. The first-order valence-corrected chi connectivity index (χ1v) is 14.9. The Morgan fingerprint density at radius 1 is 0.400 bits per heavy atom. The maximum Gasteiger partial charge on any atom is 0.0745 e. The van der Waals surface area contributed by atoms with Gasteiger partial charge in [0.1, 0.15) is 0 Å². The van der Waals surface area contributed by atoms with Crippen LogP contribution in [0.4, 0.5) is 0 Å². The molecule has 0 spiro atoms. The fraction of sp³-hybridized carbons (Fsp3) is 0.526. The highest BCUT2D eigenvalue weighted by Crippen LogP contribution is 2.38. The van der Waals surface area contributed by atoms with Gasteiger partial charge in [-0.3, -0.25) is 9.97 Å². The zero-order valence-corrected chi connectivity index (χ0v) is 28.4. The average molecular weight is 539 g/mol. The summed E-state index contributed by atoms with van der Waals surface area (Å²) in [4.78, 5) is 9.65. The third kappa shape index (κ3) is 6.59. The van der Waals surface area contributed by atoms with Crippen LogP contribution in [0.2, 0.25) is 0 Å². The molecule has 0 aliphatic carbocycles. The quantitative estimate of drug-likeness (QED) is 0.222. The lowest BCUT2D eigenvalue weighted by atomic mass is 9.77. The number of hydrogen-bond donors (Lipinski definition) is 0. The molecule has 0 atom stereocenters. The van der Waals surface area contributed by atoms with Gasteiger partial charge >= 0.3 is 0 Å². The van der Waals surface area contributed by atoms with Crippen molar-refractivity contribution in [1.29, 1.82) is 0 Å². The van der Waals surface area contributed by atoms with Crippen molar-refractivity contribution in [2.45, 2.75) is 132 Å². The zero-order valence-electron chi connectivity index (χ0n) is 28.4.